The van der Waals surface area contributed by atoms with E-state index in [1.165, 1.54) is 47.4 Å². The maximum Gasteiger partial charge on any atom is 0.491 e. The number of benzene rings is 3. The molecule has 1 amide bonds. The number of ether oxygens (including phenoxy) is 1. The third kappa shape index (κ3) is 6.39. The molecule has 5 nitrogen and oxygen atoms in total. The number of alkyl halides is 3. The average Bonchev–Trinajstić information content (AvgIpc) is 2.92. The van der Waals surface area contributed by atoms with Crippen LogP contribution in [0.1, 0.15) is 51.4 Å². The van der Waals surface area contributed by atoms with Crippen molar-refractivity contribution in [3.8, 4) is 17.6 Å². The van der Waals surface area contributed by atoms with Gasteiger partial charge in [-0.2, -0.15) is 13.2 Å². The van der Waals surface area contributed by atoms with Gasteiger partial charge in [-0.15, -0.1) is 0 Å². The van der Waals surface area contributed by atoms with Crippen molar-refractivity contribution < 1.29 is 31.9 Å². The van der Waals surface area contributed by atoms with Crippen LogP contribution in [0.5, 0.6) is 5.75 Å². The Hall–Kier alpha value is -4.16. The maximum absolute atomic E-state index is 13.4. The molecule has 0 saturated carbocycles. The summed E-state index contributed by atoms with van der Waals surface area (Å²) in [6.07, 6.45) is -3.96. The first-order chi connectivity index (χ1) is 18.2. The summed E-state index contributed by atoms with van der Waals surface area (Å²) in [7, 11) is 0. The Kier molecular flexibility index (Phi) is 8.13. The lowest BCUT2D eigenvalue weighted by Gasteiger charge is -2.32. The van der Waals surface area contributed by atoms with E-state index in [1.54, 1.807) is 0 Å². The van der Waals surface area contributed by atoms with Crippen molar-refractivity contribution in [3.05, 3.63) is 100 Å². The van der Waals surface area contributed by atoms with Crippen LogP contribution in [0.3, 0.4) is 0 Å². The van der Waals surface area contributed by atoms with Crippen LogP contribution in [0.15, 0.2) is 66.7 Å². The Morgan fingerprint density at radius 3 is 2.32 bits per heavy atom. The van der Waals surface area contributed by atoms with E-state index < -0.39 is 29.6 Å². The summed E-state index contributed by atoms with van der Waals surface area (Å²) >= 11 is 0. The van der Waals surface area contributed by atoms with Gasteiger partial charge in [0.2, 0.25) is 0 Å². The topological polar surface area (TPSA) is 72.6 Å². The smallest absolute Gasteiger partial charge is 0.418 e. The third-order valence-electron chi connectivity index (χ3n) is 6.30. The summed E-state index contributed by atoms with van der Waals surface area (Å²) < 4.78 is 57.0. The molecule has 3 aromatic rings. The zero-order valence-corrected chi connectivity index (χ0v) is 20.2. The van der Waals surface area contributed by atoms with Gasteiger partial charge in [-0.1, -0.05) is 42.2 Å². The lowest BCUT2D eigenvalue weighted by atomic mass is 9.88. The first-order valence-corrected chi connectivity index (χ1v) is 11.9. The Morgan fingerprint density at radius 1 is 0.974 bits per heavy atom. The van der Waals surface area contributed by atoms with E-state index in [1.807, 2.05) is 24.3 Å². The molecule has 1 fully saturated rings. The van der Waals surface area contributed by atoms with Gasteiger partial charge in [-0.05, 0) is 66.3 Å². The van der Waals surface area contributed by atoms with Crippen LogP contribution in [0, 0.1) is 17.7 Å². The van der Waals surface area contributed by atoms with Crippen LogP contribution in [-0.2, 0) is 11.3 Å². The van der Waals surface area contributed by atoms with Gasteiger partial charge in [0.1, 0.15) is 5.82 Å². The maximum atomic E-state index is 13.4. The number of hydrogen-bond donors (Lipinski definition) is 1. The van der Waals surface area contributed by atoms with Crippen molar-refractivity contribution in [2.75, 3.05) is 13.1 Å². The molecule has 38 heavy (non-hydrogen) atoms. The SMILES string of the molecule is NCc1cccc(C2CCN(C(=O)c3cccc(C#Cc4ccc(F)cc4)c3OC(=O)C(F)(F)F)CC2)c1. The molecular weight excluding hydrogens is 500 g/mol. The molecular formula is C29H24F4N2O3. The van der Waals surface area contributed by atoms with Crippen molar-refractivity contribution >= 4 is 11.9 Å². The number of esters is 1. The molecule has 4 rings (SSSR count). The molecule has 1 aliphatic rings. The fourth-order valence-corrected chi connectivity index (χ4v) is 4.30. The van der Waals surface area contributed by atoms with E-state index in [9.17, 15) is 27.2 Å². The number of piperidine rings is 1. The highest BCUT2D eigenvalue weighted by molar-refractivity contribution is 5.99. The summed E-state index contributed by atoms with van der Waals surface area (Å²) in [6, 6.07) is 17.2. The van der Waals surface area contributed by atoms with Gasteiger partial charge in [0, 0.05) is 25.2 Å². The van der Waals surface area contributed by atoms with Gasteiger partial charge in [-0.25, -0.2) is 9.18 Å². The van der Waals surface area contributed by atoms with Crippen LogP contribution in [0.4, 0.5) is 17.6 Å². The molecule has 3 aromatic carbocycles. The zero-order chi connectivity index (χ0) is 27.3. The Bertz CT molecular complexity index is 1380. The minimum Gasteiger partial charge on any atom is -0.418 e. The number of hydrogen-bond acceptors (Lipinski definition) is 4. The molecule has 2 N–H and O–H groups in total. The van der Waals surface area contributed by atoms with Gasteiger partial charge in [0.05, 0.1) is 11.1 Å². The first kappa shape index (κ1) is 26.9. The highest BCUT2D eigenvalue weighted by Crippen LogP contribution is 2.32. The van der Waals surface area contributed by atoms with E-state index in [-0.39, 0.29) is 17.0 Å². The van der Waals surface area contributed by atoms with E-state index in [2.05, 4.69) is 11.8 Å². The van der Waals surface area contributed by atoms with Crippen molar-refractivity contribution in [1.82, 2.24) is 4.90 Å². The summed E-state index contributed by atoms with van der Waals surface area (Å²) in [4.78, 5) is 26.7. The Morgan fingerprint density at radius 2 is 1.66 bits per heavy atom. The Balaban J connectivity index is 1.60. The first-order valence-electron chi connectivity index (χ1n) is 11.9. The molecule has 0 aromatic heterocycles. The summed E-state index contributed by atoms with van der Waals surface area (Å²) in [6.45, 7) is 1.16. The van der Waals surface area contributed by atoms with E-state index in [0.717, 1.165) is 11.1 Å². The highest BCUT2D eigenvalue weighted by atomic mass is 19.4. The molecule has 9 heteroatoms. The normalized spacial score (nSPS) is 14.0. The fourth-order valence-electron chi connectivity index (χ4n) is 4.30. The van der Waals surface area contributed by atoms with Crippen molar-refractivity contribution in [2.45, 2.75) is 31.5 Å². The summed E-state index contributed by atoms with van der Waals surface area (Å²) in [5.74, 6) is 1.50. The Labute approximate surface area is 217 Å². The molecule has 0 spiro atoms. The number of nitrogens with zero attached hydrogens (tertiary/aromatic N) is 1. The molecule has 1 heterocycles. The van der Waals surface area contributed by atoms with E-state index in [0.29, 0.717) is 38.0 Å². The quantitative estimate of drug-likeness (QED) is 0.221. The second-order valence-electron chi connectivity index (χ2n) is 8.84. The van der Waals surface area contributed by atoms with Gasteiger partial charge < -0.3 is 15.4 Å². The number of nitrogens with two attached hydrogens (primary N) is 1. The highest BCUT2D eigenvalue weighted by Gasteiger charge is 2.42. The van der Waals surface area contributed by atoms with E-state index in [4.69, 9.17) is 10.5 Å². The van der Waals surface area contributed by atoms with Crippen LogP contribution in [0.25, 0.3) is 0 Å². The minimum absolute atomic E-state index is 0.0775. The number of carbonyl (C=O) groups is 2. The second kappa shape index (κ2) is 11.5. The largest absolute Gasteiger partial charge is 0.491 e. The summed E-state index contributed by atoms with van der Waals surface area (Å²) in [5, 5.41) is 0. The van der Waals surface area contributed by atoms with Gasteiger partial charge >= 0.3 is 12.1 Å². The minimum atomic E-state index is -5.27. The molecule has 0 bridgehead atoms. The average molecular weight is 525 g/mol. The van der Waals surface area contributed by atoms with Crippen molar-refractivity contribution in [1.29, 1.82) is 0 Å². The number of carbonyl (C=O) groups excluding carboxylic acids is 2. The van der Waals surface area contributed by atoms with Crippen LogP contribution in [-0.4, -0.2) is 36.0 Å². The number of rotatable bonds is 4. The molecule has 1 saturated heterocycles. The van der Waals surface area contributed by atoms with Crippen LogP contribution >= 0.6 is 0 Å². The van der Waals surface area contributed by atoms with Crippen molar-refractivity contribution in [2.24, 2.45) is 5.73 Å². The number of amides is 1. The molecule has 0 radical (unpaired) electrons. The van der Waals surface area contributed by atoms with E-state index >= 15 is 0 Å². The van der Waals surface area contributed by atoms with Crippen LogP contribution in [0.2, 0.25) is 0 Å². The molecule has 0 atom stereocenters. The number of likely N-dealkylation sites (tertiary alicyclic amines) is 1. The molecule has 0 unspecified atom stereocenters. The van der Waals surface area contributed by atoms with Crippen molar-refractivity contribution in [3.63, 3.8) is 0 Å². The standard InChI is InChI=1S/C29H24F4N2O3/c30-24-11-8-19(9-12-24)7-10-22-4-2-6-25(26(22)38-28(37)29(31,32)33)27(36)35-15-13-21(14-16-35)23-5-1-3-20(17-23)18-34/h1-6,8-9,11-12,17,21H,13-16,18,34H2. The lowest BCUT2D eigenvalue weighted by molar-refractivity contribution is -0.189. The number of halogens is 4. The predicted octanol–water partition coefficient (Wildman–Crippen LogP) is 5.17. The lowest BCUT2D eigenvalue weighted by Crippen LogP contribution is -2.38. The third-order valence-corrected chi connectivity index (χ3v) is 6.30. The second-order valence-corrected chi connectivity index (χ2v) is 8.84. The summed E-state index contributed by atoms with van der Waals surface area (Å²) in [5.41, 5.74) is 7.98. The molecule has 1 aliphatic heterocycles. The molecule has 196 valence electrons. The molecule has 0 aliphatic carbocycles. The predicted molar refractivity (Wildman–Crippen MR) is 133 cm³/mol. The number of para-hydroxylation sites is 1. The van der Waals surface area contributed by atoms with Gasteiger partial charge in [0.15, 0.2) is 5.75 Å². The van der Waals surface area contributed by atoms with Crippen LogP contribution < -0.4 is 10.5 Å². The van der Waals surface area contributed by atoms with Gasteiger partial charge in [-0.3, -0.25) is 4.79 Å². The fraction of sp³-hybridized carbons (Fsp3) is 0.241. The van der Waals surface area contributed by atoms with Gasteiger partial charge in [0.25, 0.3) is 5.91 Å². The zero-order valence-electron chi connectivity index (χ0n) is 20.2. The monoisotopic (exact) mass is 524 g/mol.